The first kappa shape index (κ1) is 11.8. The monoisotopic (exact) mass is 243 g/mol. The number of aromatic amines is 1. The number of hydrogen-bond donors (Lipinski definition) is 1. The van der Waals surface area contributed by atoms with Crippen LogP contribution in [0.25, 0.3) is 10.9 Å². The summed E-state index contributed by atoms with van der Waals surface area (Å²) in [6.45, 7) is 1.87. The van der Waals surface area contributed by atoms with Crippen LogP contribution in [0.2, 0.25) is 0 Å². The highest BCUT2D eigenvalue weighted by atomic mass is 16.5. The smallest absolute Gasteiger partial charge is 0.374 e. The molecule has 6 heteroatoms. The van der Waals surface area contributed by atoms with Crippen LogP contribution in [-0.2, 0) is 4.74 Å². The summed E-state index contributed by atoms with van der Waals surface area (Å²) < 4.78 is 4.75. The van der Waals surface area contributed by atoms with Crippen LogP contribution in [0, 0.1) is 11.3 Å². The molecule has 2 rings (SSSR count). The standard InChI is InChI=1S/C12H9N3O3/c1-2-18-12(17)10-14-9-4-3-7(6-13)5-8(9)11(16)15-10/h3-5H,2H2,1H3,(H,14,15,16). The molecule has 0 spiro atoms. The largest absolute Gasteiger partial charge is 0.460 e. The van der Waals surface area contributed by atoms with Crippen molar-refractivity contribution < 1.29 is 9.53 Å². The van der Waals surface area contributed by atoms with Crippen LogP contribution in [-0.4, -0.2) is 22.5 Å². The molecule has 1 aromatic heterocycles. The number of aromatic nitrogens is 2. The fraction of sp³-hybridized carbons (Fsp3) is 0.167. The van der Waals surface area contributed by atoms with E-state index < -0.39 is 11.5 Å². The van der Waals surface area contributed by atoms with E-state index in [1.165, 1.54) is 18.2 Å². The molecule has 0 atom stereocenters. The number of fused-ring (bicyclic) bond motifs is 1. The van der Waals surface area contributed by atoms with Crippen molar-refractivity contribution in [2.45, 2.75) is 6.92 Å². The fourth-order valence-electron chi connectivity index (χ4n) is 1.50. The molecule has 0 fully saturated rings. The number of H-pyrrole nitrogens is 1. The Balaban J connectivity index is 2.61. The number of benzene rings is 1. The van der Waals surface area contributed by atoms with Crippen LogP contribution in [0.5, 0.6) is 0 Å². The molecule has 0 aliphatic carbocycles. The van der Waals surface area contributed by atoms with Gasteiger partial charge < -0.3 is 9.72 Å². The minimum atomic E-state index is -0.680. The third-order valence-corrected chi connectivity index (χ3v) is 2.30. The van der Waals surface area contributed by atoms with Gasteiger partial charge >= 0.3 is 5.97 Å². The lowest BCUT2D eigenvalue weighted by Gasteiger charge is -2.02. The van der Waals surface area contributed by atoms with Gasteiger partial charge in [-0.3, -0.25) is 4.79 Å². The van der Waals surface area contributed by atoms with E-state index in [0.717, 1.165) is 0 Å². The maximum atomic E-state index is 11.8. The number of nitrogens with zero attached hydrogens (tertiary/aromatic N) is 2. The molecule has 0 aliphatic rings. The first-order valence-corrected chi connectivity index (χ1v) is 5.27. The van der Waals surface area contributed by atoms with Crippen molar-refractivity contribution in [2.24, 2.45) is 0 Å². The summed E-state index contributed by atoms with van der Waals surface area (Å²) in [5, 5.41) is 9.01. The molecule has 2 aromatic rings. The second-order valence-electron chi connectivity index (χ2n) is 3.48. The van der Waals surface area contributed by atoms with Crippen molar-refractivity contribution in [2.75, 3.05) is 6.61 Å². The van der Waals surface area contributed by atoms with E-state index in [-0.39, 0.29) is 17.8 Å². The normalized spacial score (nSPS) is 10.0. The minimum Gasteiger partial charge on any atom is -0.460 e. The van der Waals surface area contributed by atoms with Crippen LogP contribution < -0.4 is 5.56 Å². The lowest BCUT2D eigenvalue weighted by atomic mass is 10.1. The highest BCUT2D eigenvalue weighted by Crippen LogP contribution is 2.09. The number of rotatable bonds is 2. The van der Waals surface area contributed by atoms with Gasteiger partial charge in [-0.2, -0.15) is 5.26 Å². The van der Waals surface area contributed by atoms with Crippen LogP contribution in [0.15, 0.2) is 23.0 Å². The van der Waals surface area contributed by atoms with E-state index in [2.05, 4.69) is 9.97 Å². The van der Waals surface area contributed by atoms with Gasteiger partial charge in [0.1, 0.15) is 0 Å². The van der Waals surface area contributed by atoms with Crippen molar-refractivity contribution in [3.8, 4) is 6.07 Å². The molecule has 0 amide bonds. The highest BCUT2D eigenvalue weighted by Gasteiger charge is 2.12. The van der Waals surface area contributed by atoms with Gasteiger partial charge in [0, 0.05) is 0 Å². The molecule has 0 radical (unpaired) electrons. The molecule has 1 N–H and O–H groups in total. The van der Waals surface area contributed by atoms with Gasteiger partial charge in [0.25, 0.3) is 5.56 Å². The van der Waals surface area contributed by atoms with Gasteiger partial charge in [0.05, 0.1) is 29.1 Å². The second-order valence-corrected chi connectivity index (χ2v) is 3.48. The lowest BCUT2D eigenvalue weighted by Crippen LogP contribution is -2.17. The topological polar surface area (TPSA) is 95.8 Å². The Morgan fingerprint density at radius 2 is 2.33 bits per heavy atom. The molecule has 0 unspecified atom stereocenters. The lowest BCUT2D eigenvalue weighted by molar-refractivity contribution is 0.0512. The van der Waals surface area contributed by atoms with Crippen LogP contribution in [0.1, 0.15) is 23.1 Å². The van der Waals surface area contributed by atoms with Crippen LogP contribution in [0.4, 0.5) is 0 Å². The number of hydrogen-bond acceptors (Lipinski definition) is 5. The second kappa shape index (κ2) is 4.67. The average Bonchev–Trinajstić information content (AvgIpc) is 2.38. The van der Waals surface area contributed by atoms with Crippen molar-refractivity contribution in [1.82, 2.24) is 9.97 Å². The molecule has 6 nitrogen and oxygen atoms in total. The zero-order valence-electron chi connectivity index (χ0n) is 9.56. The summed E-state index contributed by atoms with van der Waals surface area (Å²) in [7, 11) is 0. The van der Waals surface area contributed by atoms with Gasteiger partial charge in [-0.15, -0.1) is 0 Å². The van der Waals surface area contributed by atoms with Crippen LogP contribution in [0.3, 0.4) is 0 Å². The van der Waals surface area contributed by atoms with Crippen molar-refractivity contribution in [3.63, 3.8) is 0 Å². The van der Waals surface area contributed by atoms with Gasteiger partial charge in [-0.1, -0.05) is 0 Å². The molecule has 0 saturated carbocycles. The fourth-order valence-corrected chi connectivity index (χ4v) is 1.50. The Morgan fingerprint density at radius 1 is 1.56 bits per heavy atom. The maximum Gasteiger partial charge on any atom is 0.374 e. The SMILES string of the molecule is CCOC(=O)c1nc2ccc(C#N)cc2c(=O)[nH]1. The summed E-state index contributed by atoms with van der Waals surface area (Å²) in [6.07, 6.45) is 0. The number of carbonyl (C=O) groups is 1. The molecule has 1 heterocycles. The zero-order chi connectivity index (χ0) is 13.1. The quantitative estimate of drug-likeness (QED) is 0.793. The Bertz CT molecular complexity index is 713. The summed E-state index contributed by atoms with van der Waals surface area (Å²) in [4.78, 5) is 29.5. The third kappa shape index (κ3) is 2.06. The molecule has 1 aromatic carbocycles. The first-order chi connectivity index (χ1) is 8.65. The predicted molar refractivity (Wildman–Crippen MR) is 63.0 cm³/mol. The van der Waals surface area contributed by atoms with Gasteiger partial charge in [-0.05, 0) is 25.1 Å². The average molecular weight is 243 g/mol. The summed E-state index contributed by atoms with van der Waals surface area (Å²) in [6, 6.07) is 6.41. The molecule has 18 heavy (non-hydrogen) atoms. The predicted octanol–water partition coefficient (Wildman–Crippen LogP) is 0.971. The van der Waals surface area contributed by atoms with Crippen molar-refractivity contribution in [1.29, 1.82) is 5.26 Å². The van der Waals surface area contributed by atoms with Crippen molar-refractivity contribution >= 4 is 16.9 Å². The van der Waals surface area contributed by atoms with Gasteiger partial charge in [-0.25, -0.2) is 9.78 Å². The summed E-state index contributed by atoms with van der Waals surface area (Å²) in [5.74, 6) is -0.820. The molecule has 0 aliphatic heterocycles. The highest BCUT2D eigenvalue weighted by molar-refractivity contribution is 5.88. The Morgan fingerprint density at radius 3 is 3.00 bits per heavy atom. The van der Waals surface area contributed by atoms with Gasteiger partial charge in [0.2, 0.25) is 5.82 Å². The molecular weight excluding hydrogens is 234 g/mol. The van der Waals surface area contributed by atoms with Gasteiger partial charge in [0.15, 0.2) is 0 Å². The van der Waals surface area contributed by atoms with E-state index in [0.29, 0.717) is 11.1 Å². The summed E-state index contributed by atoms with van der Waals surface area (Å²) in [5.41, 5.74) is 0.236. The van der Waals surface area contributed by atoms with E-state index in [1.807, 2.05) is 6.07 Å². The number of nitriles is 1. The minimum absolute atomic E-state index is 0.140. The number of esters is 1. The van der Waals surface area contributed by atoms with Crippen LogP contribution >= 0.6 is 0 Å². The molecule has 90 valence electrons. The zero-order valence-corrected chi connectivity index (χ0v) is 9.56. The third-order valence-electron chi connectivity index (χ3n) is 2.30. The Labute approximate surface area is 102 Å². The first-order valence-electron chi connectivity index (χ1n) is 5.27. The maximum absolute atomic E-state index is 11.8. The van der Waals surface area contributed by atoms with E-state index >= 15 is 0 Å². The van der Waals surface area contributed by atoms with E-state index in [4.69, 9.17) is 10.00 Å². The van der Waals surface area contributed by atoms with E-state index in [9.17, 15) is 9.59 Å². The Hall–Kier alpha value is -2.68. The Kier molecular flexibility index (Phi) is 3.06. The number of carbonyl (C=O) groups excluding carboxylic acids is 1. The van der Waals surface area contributed by atoms with E-state index in [1.54, 1.807) is 6.92 Å². The molecule has 0 bridgehead atoms. The number of ether oxygens (including phenoxy) is 1. The molecular formula is C12H9N3O3. The van der Waals surface area contributed by atoms with Crippen molar-refractivity contribution in [3.05, 3.63) is 39.9 Å². The molecule has 0 saturated heterocycles. The summed E-state index contributed by atoms with van der Waals surface area (Å²) >= 11 is 0. The number of nitrogens with one attached hydrogen (secondary N) is 1.